The molecule has 6 heteroatoms. The first-order chi connectivity index (χ1) is 8.57. The van der Waals surface area contributed by atoms with Crippen molar-refractivity contribution in [3.63, 3.8) is 0 Å². The molecule has 0 aliphatic heterocycles. The van der Waals surface area contributed by atoms with Gasteiger partial charge >= 0.3 is 0 Å². The van der Waals surface area contributed by atoms with Gasteiger partial charge in [0.1, 0.15) is 0 Å². The highest BCUT2D eigenvalue weighted by molar-refractivity contribution is 7.88. The Hall–Kier alpha value is -1.42. The lowest BCUT2D eigenvalue weighted by molar-refractivity contribution is 0.196. The van der Waals surface area contributed by atoms with Crippen LogP contribution in [0.5, 0.6) is 0 Å². The highest BCUT2D eigenvalue weighted by Crippen LogP contribution is 2.07. The zero-order chi connectivity index (χ0) is 13.4. The second-order valence-electron chi connectivity index (χ2n) is 3.81. The number of nitrogens with one attached hydrogen (secondary N) is 1. The van der Waals surface area contributed by atoms with E-state index in [1.54, 1.807) is 31.4 Å². The van der Waals surface area contributed by atoms with Crippen LogP contribution in [-0.2, 0) is 20.5 Å². The molecular weight excluding hydrogens is 252 g/mol. The first-order valence-electron chi connectivity index (χ1n) is 5.53. The van der Waals surface area contributed by atoms with E-state index in [0.29, 0.717) is 30.7 Å². The number of benzene rings is 1. The summed E-state index contributed by atoms with van der Waals surface area (Å²) in [7, 11) is -1.75. The molecule has 0 aliphatic carbocycles. The normalized spacial score (nSPS) is 11.1. The third-order valence-corrected chi connectivity index (χ3v) is 3.64. The van der Waals surface area contributed by atoms with Crippen LogP contribution in [0.25, 0.3) is 0 Å². The fraction of sp³-hybridized carbons (Fsp3) is 0.417. The molecular formula is C12H16N2O3S. The average Bonchev–Trinajstić information content (AvgIpc) is 2.35. The zero-order valence-corrected chi connectivity index (χ0v) is 11.0. The second kappa shape index (κ2) is 7.11. The van der Waals surface area contributed by atoms with Crippen LogP contribution in [0.3, 0.4) is 0 Å². The summed E-state index contributed by atoms with van der Waals surface area (Å²) in [6, 6.07) is 8.49. The van der Waals surface area contributed by atoms with E-state index in [0.717, 1.165) is 0 Å². The van der Waals surface area contributed by atoms with Gasteiger partial charge in [-0.15, -0.1) is 0 Å². The van der Waals surface area contributed by atoms with E-state index < -0.39 is 10.0 Å². The van der Waals surface area contributed by atoms with Gasteiger partial charge in [-0.2, -0.15) is 5.26 Å². The number of hydrogen-bond acceptors (Lipinski definition) is 4. The van der Waals surface area contributed by atoms with Crippen molar-refractivity contribution in [3.8, 4) is 6.07 Å². The molecule has 98 valence electrons. The highest BCUT2D eigenvalue weighted by Gasteiger charge is 2.10. The largest absolute Gasteiger partial charge is 0.385 e. The minimum atomic E-state index is -3.32. The molecule has 0 saturated carbocycles. The summed E-state index contributed by atoms with van der Waals surface area (Å²) in [5.41, 5.74) is 1.18. The molecule has 0 fully saturated rings. The summed E-state index contributed by atoms with van der Waals surface area (Å²) in [6.07, 6.45) is 0.642. The number of rotatable bonds is 7. The van der Waals surface area contributed by atoms with Crippen LogP contribution in [0.1, 0.15) is 17.5 Å². The van der Waals surface area contributed by atoms with E-state index in [4.69, 9.17) is 10.00 Å². The van der Waals surface area contributed by atoms with Crippen molar-refractivity contribution in [3.05, 3.63) is 35.4 Å². The van der Waals surface area contributed by atoms with Crippen LogP contribution < -0.4 is 4.72 Å². The number of hydrogen-bond donors (Lipinski definition) is 1. The van der Waals surface area contributed by atoms with Crippen molar-refractivity contribution < 1.29 is 13.2 Å². The topological polar surface area (TPSA) is 79.2 Å². The fourth-order valence-electron chi connectivity index (χ4n) is 1.39. The molecule has 0 bridgehead atoms. The van der Waals surface area contributed by atoms with Crippen LogP contribution in [0, 0.1) is 11.3 Å². The number of sulfonamides is 1. The van der Waals surface area contributed by atoms with Crippen molar-refractivity contribution in [2.24, 2.45) is 0 Å². The minimum absolute atomic E-state index is 0.0777. The van der Waals surface area contributed by atoms with Gasteiger partial charge in [-0.25, -0.2) is 13.1 Å². The van der Waals surface area contributed by atoms with Gasteiger partial charge in [-0.1, -0.05) is 12.1 Å². The van der Waals surface area contributed by atoms with Gasteiger partial charge in [0.25, 0.3) is 0 Å². The second-order valence-corrected chi connectivity index (χ2v) is 5.62. The van der Waals surface area contributed by atoms with Crippen molar-refractivity contribution in [1.29, 1.82) is 5.26 Å². The molecule has 0 radical (unpaired) electrons. The molecule has 0 atom stereocenters. The van der Waals surface area contributed by atoms with Crippen LogP contribution in [0.15, 0.2) is 24.3 Å². The van der Waals surface area contributed by atoms with Gasteiger partial charge in [0, 0.05) is 20.3 Å². The Kier molecular flexibility index (Phi) is 5.78. The Bertz CT molecular complexity index is 503. The molecule has 0 saturated heterocycles. The Morgan fingerprint density at radius 1 is 1.33 bits per heavy atom. The summed E-state index contributed by atoms with van der Waals surface area (Å²) >= 11 is 0. The number of methoxy groups -OCH3 is 1. The zero-order valence-electron chi connectivity index (χ0n) is 10.2. The van der Waals surface area contributed by atoms with Gasteiger partial charge in [-0.05, 0) is 24.1 Å². The van der Waals surface area contributed by atoms with Crippen LogP contribution in [-0.4, -0.2) is 28.7 Å². The van der Waals surface area contributed by atoms with Gasteiger partial charge < -0.3 is 4.74 Å². The predicted molar refractivity (Wildman–Crippen MR) is 68.3 cm³/mol. The lowest BCUT2D eigenvalue weighted by Gasteiger charge is -2.06. The van der Waals surface area contributed by atoms with Gasteiger partial charge in [0.15, 0.2) is 0 Å². The first-order valence-corrected chi connectivity index (χ1v) is 7.18. The molecule has 0 unspecified atom stereocenters. The first kappa shape index (κ1) is 14.6. The van der Waals surface area contributed by atoms with E-state index in [-0.39, 0.29) is 5.75 Å². The third-order valence-electron chi connectivity index (χ3n) is 2.29. The number of ether oxygens (including phenoxy) is 1. The standard InChI is InChI=1S/C12H16N2O3S/c1-17-8-2-7-14-18(15,16)10-12-5-3-11(9-13)4-6-12/h3-6,14H,2,7-8,10H2,1H3. The lowest BCUT2D eigenvalue weighted by atomic mass is 10.2. The third kappa shape index (κ3) is 5.27. The van der Waals surface area contributed by atoms with Crippen LogP contribution >= 0.6 is 0 Å². The van der Waals surface area contributed by atoms with Crippen LogP contribution in [0.2, 0.25) is 0 Å². The molecule has 0 aromatic heterocycles. The van der Waals surface area contributed by atoms with Crippen molar-refractivity contribution in [2.45, 2.75) is 12.2 Å². The van der Waals surface area contributed by atoms with Gasteiger partial charge in [0.2, 0.25) is 10.0 Å². The maximum Gasteiger partial charge on any atom is 0.215 e. The summed E-state index contributed by atoms with van der Waals surface area (Å²) in [5, 5.41) is 8.64. The van der Waals surface area contributed by atoms with E-state index in [1.165, 1.54) is 0 Å². The maximum atomic E-state index is 11.7. The highest BCUT2D eigenvalue weighted by atomic mass is 32.2. The molecule has 1 aromatic rings. The lowest BCUT2D eigenvalue weighted by Crippen LogP contribution is -2.26. The monoisotopic (exact) mass is 268 g/mol. The smallest absolute Gasteiger partial charge is 0.215 e. The molecule has 0 spiro atoms. The van der Waals surface area contributed by atoms with E-state index in [2.05, 4.69) is 4.72 Å². The SMILES string of the molecule is COCCCNS(=O)(=O)Cc1ccc(C#N)cc1. The summed E-state index contributed by atoms with van der Waals surface area (Å²) in [6.45, 7) is 0.895. The van der Waals surface area contributed by atoms with E-state index >= 15 is 0 Å². The molecule has 0 amide bonds. The molecule has 1 rings (SSSR count). The molecule has 0 aliphatic rings. The van der Waals surface area contributed by atoms with Gasteiger partial charge in [0.05, 0.1) is 17.4 Å². The minimum Gasteiger partial charge on any atom is -0.385 e. The van der Waals surface area contributed by atoms with Gasteiger partial charge in [-0.3, -0.25) is 0 Å². The summed E-state index contributed by atoms with van der Waals surface area (Å²) < 4.78 is 30.7. The average molecular weight is 268 g/mol. The molecule has 1 N–H and O–H groups in total. The number of nitriles is 1. The van der Waals surface area contributed by atoms with Crippen molar-refractivity contribution in [2.75, 3.05) is 20.3 Å². The summed E-state index contributed by atoms with van der Waals surface area (Å²) in [5.74, 6) is -0.0777. The Labute approximate surface area is 107 Å². The van der Waals surface area contributed by atoms with Crippen LogP contribution in [0.4, 0.5) is 0 Å². The van der Waals surface area contributed by atoms with E-state index in [1.807, 2.05) is 6.07 Å². The summed E-state index contributed by atoms with van der Waals surface area (Å²) in [4.78, 5) is 0. The van der Waals surface area contributed by atoms with Crippen molar-refractivity contribution in [1.82, 2.24) is 4.72 Å². The van der Waals surface area contributed by atoms with E-state index in [9.17, 15) is 8.42 Å². The molecule has 18 heavy (non-hydrogen) atoms. The fourth-order valence-corrected chi connectivity index (χ4v) is 2.58. The molecule has 5 nitrogen and oxygen atoms in total. The molecule has 0 heterocycles. The molecule has 1 aromatic carbocycles. The quantitative estimate of drug-likeness (QED) is 0.749. The maximum absolute atomic E-state index is 11.7. The Morgan fingerprint density at radius 2 is 2.00 bits per heavy atom. The number of nitrogens with zero attached hydrogens (tertiary/aromatic N) is 1. The Balaban J connectivity index is 2.51. The van der Waals surface area contributed by atoms with Crippen molar-refractivity contribution >= 4 is 10.0 Å². The Morgan fingerprint density at radius 3 is 2.56 bits per heavy atom. The predicted octanol–water partition coefficient (Wildman–Crippen LogP) is 1.01.